The normalized spacial score (nSPS) is 11.7. The highest BCUT2D eigenvalue weighted by Crippen LogP contribution is 2.33. The van der Waals surface area contributed by atoms with Crippen molar-refractivity contribution in [1.82, 2.24) is 19.7 Å². The van der Waals surface area contributed by atoms with Crippen molar-refractivity contribution in [3.63, 3.8) is 0 Å². The number of hydrogen-bond acceptors (Lipinski definition) is 6. The molecular formula is C19H22ClN5O3S. The van der Waals surface area contributed by atoms with Gasteiger partial charge in [0.2, 0.25) is 0 Å². The van der Waals surface area contributed by atoms with Crippen LogP contribution in [0.15, 0.2) is 24.3 Å². The van der Waals surface area contributed by atoms with Gasteiger partial charge in [0.15, 0.2) is 16.5 Å². The van der Waals surface area contributed by atoms with Crippen molar-refractivity contribution in [3.8, 4) is 0 Å². The van der Waals surface area contributed by atoms with Crippen LogP contribution in [0, 0.1) is 0 Å². The Kier molecular flexibility index (Phi) is 5.92. The molecule has 0 fully saturated rings. The fourth-order valence-electron chi connectivity index (χ4n) is 2.70. The predicted molar refractivity (Wildman–Crippen MR) is 114 cm³/mol. The summed E-state index contributed by atoms with van der Waals surface area (Å²) in [6.07, 6.45) is 0. The van der Waals surface area contributed by atoms with Crippen molar-refractivity contribution < 1.29 is 14.7 Å². The maximum absolute atomic E-state index is 12.8. The van der Waals surface area contributed by atoms with Crippen molar-refractivity contribution in [1.29, 1.82) is 0 Å². The lowest BCUT2D eigenvalue weighted by atomic mass is 10.1. The third kappa shape index (κ3) is 4.42. The number of amides is 2. The smallest absolute Gasteiger partial charge is 0.275 e. The van der Waals surface area contributed by atoms with Crippen LogP contribution in [0.4, 0.5) is 5.13 Å². The molecule has 0 aliphatic carbocycles. The molecule has 3 aromatic rings. The first-order valence-corrected chi connectivity index (χ1v) is 10.1. The minimum atomic E-state index is -0.422. The molecule has 0 unspecified atom stereocenters. The van der Waals surface area contributed by atoms with Crippen LogP contribution in [0.5, 0.6) is 0 Å². The number of rotatable bonds is 5. The number of carbonyl (C=O) groups excluding carboxylic acids is 2. The lowest BCUT2D eigenvalue weighted by molar-refractivity contribution is 0.0761. The predicted octanol–water partition coefficient (Wildman–Crippen LogP) is 3.22. The van der Waals surface area contributed by atoms with E-state index in [0.29, 0.717) is 26.1 Å². The SMILES string of the molecule is CN(CCO)C(=O)c1nn(C(C)(C)C)c2nc(NC(=O)c3cccc(Cl)c3)sc12. The number of thiazole rings is 1. The van der Waals surface area contributed by atoms with Gasteiger partial charge in [-0.25, -0.2) is 4.68 Å². The molecule has 0 radical (unpaired) electrons. The Morgan fingerprint density at radius 2 is 2.07 bits per heavy atom. The number of nitrogens with zero attached hydrogens (tertiary/aromatic N) is 4. The first-order valence-electron chi connectivity index (χ1n) is 8.95. The molecule has 154 valence electrons. The summed E-state index contributed by atoms with van der Waals surface area (Å²) in [6, 6.07) is 6.61. The maximum Gasteiger partial charge on any atom is 0.275 e. The van der Waals surface area contributed by atoms with Crippen molar-refractivity contribution >= 4 is 50.2 Å². The minimum absolute atomic E-state index is 0.144. The quantitative estimate of drug-likeness (QED) is 0.640. The molecule has 0 saturated carbocycles. The van der Waals surface area contributed by atoms with Crippen LogP contribution in [0.3, 0.4) is 0 Å². The van der Waals surface area contributed by atoms with Gasteiger partial charge in [-0.2, -0.15) is 10.1 Å². The fraction of sp³-hybridized carbons (Fsp3) is 0.368. The van der Waals surface area contributed by atoms with Crippen LogP contribution < -0.4 is 5.32 Å². The van der Waals surface area contributed by atoms with Gasteiger partial charge in [0.25, 0.3) is 11.8 Å². The summed E-state index contributed by atoms with van der Waals surface area (Å²) in [5.74, 6) is -0.659. The van der Waals surface area contributed by atoms with Crippen molar-refractivity contribution in [2.45, 2.75) is 26.3 Å². The highest BCUT2D eigenvalue weighted by molar-refractivity contribution is 7.22. The zero-order valence-electron chi connectivity index (χ0n) is 16.6. The number of fused-ring (bicyclic) bond motifs is 1. The van der Waals surface area contributed by atoms with Gasteiger partial charge >= 0.3 is 0 Å². The second-order valence-electron chi connectivity index (χ2n) is 7.52. The number of aliphatic hydroxyl groups excluding tert-OH is 1. The topological polar surface area (TPSA) is 100 Å². The largest absolute Gasteiger partial charge is 0.395 e. The van der Waals surface area contributed by atoms with Crippen LogP contribution in [0.1, 0.15) is 41.6 Å². The fourth-order valence-corrected chi connectivity index (χ4v) is 3.80. The van der Waals surface area contributed by atoms with Crippen molar-refractivity contribution in [2.24, 2.45) is 0 Å². The van der Waals surface area contributed by atoms with E-state index in [1.54, 1.807) is 36.0 Å². The van der Waals surface area contributed by atoms with Gasteiger partial charge in [-0.15, -0.1) is 0 Å². The molecule has 1 aromatic carbocycles. The molecule has 3 rings (SSSR count). The molecule has 2 N–H and O–H groups in total. The average Bonchev–Trinajstić information content (AvgIpc) is 3.19. The van der Waals surface area contributed by atoms with E-state index in [-0.39, 0.29) is 30.7 Å². The molecule has 2 aromatic heterocycles. The molecular weight excluding hydrogens is 414 g/mol. The van der Waals surface area contributed by atoms with Crippen molar-refractivity contribution in [3.05, 3.63) is 40.5 Å². The first kappa shape index (κ1) is 21.2. The van der Waals surface area contributed by atoms with Gasteiger partial charge in [0.1, 0.15) is 4.70 Å². The van der Waals surface area contributed by atoms with E-state index in [9.17, 15) is 9.59 Å². The maximum atomic E-state index is 12.8. The summed E-state index contributed by atoms with van der Waals surface area (Å²) in [4.78, 5) is 31.2. The van der Waals surface area contributed by atoms with Gasteiger partial charge in [0, 0.05) is 24.2 Å². The summed E-state index contributed by atoms with van der Waals surface area (Å²) in [5.41, 5.74) is 0.749. The lowest BCUT2D eigenvalue weighted by Gasteiger charge is -2.19. The highest BCUT2D eigenvalue weighted by atomic mass is 35.5. The van der Waals surface area contributed by atoms with Gasteiger partial charge in [-0.05, 0) is 39.0 Å². The van der Waals surface area contributed by atoms with E-state index in [1.165, 1.54) is 16.2 Å². The Morgan fingerprint density at radius 1 is 1.34 bits per heavy atom. The molecule has 0 atom stereocenters. The zero-order valence-corrected chi connectivity index (χ0v) is 18.1. The second kappa shape index (κ2) is 8.10. The first-order chi connectivity index (χ1) is 13.6. The monoisotopic (exact) mass is 435 g/mol. The number of anilines is 1. The van der Waals surface area contributed by atoms with E-state index in [2.05, 4.69) is 15.4 Å². The number of likely N-dealkylation sites (N-methyl/N-ethyl adjacent to an activating group) is 1. The number of aliphatic hydroxyl groups is 1. The van der Waals surface area contributed by atoms with Gasteiger partial charge in [-0.3, -0.25) is 14.9 Å². The van der Waals surface area contributed by atoms with Gasteiger partial charge in [-0.1, -0.05) is 29.0 Å². The number of hydrogen-bond donors (Lipinski definition) is 2. The third-order valence-electron chi connectivity index (χ3n) is 4.15. The number of nitrogens with one attached hydrogen (secondary N) is 1. The van der Waals surface area contributed by atoms with Crippen LogP contribution in [-0.4, -0.2) is 56.8 Å². The standard InChI is InChI=1S/C19H22ClN5O3S/c1-19(2,3)25-15-14(13(23-25)17(28)24(4)8-9-26)29-18(21-15)22-16(27)11-6-5-7-12(20)10-11/h5-7,10,26H,8-9H2,1-4H3,(H,21,22,27). The Morgan fingerprint density at radius 3 is 2.69 bits per heavy atom. The Balaban J connectivity index is 2.01. The summed E-state index contributed by atoms with van der Waals surface area (Å²) < 4.78 is 2.25. The van der Waals surface area contributed by atoms with E-state index in [1.807, 2.05) is 20.8 Å². The summed E-state index contributed by atoms with van der Waals surface area (Å²) in [5, 5.41) is 17.2. The minimum Gasteiger partial charge on any atom is -0.395 e. The molecule has 29 heavy (non-hydrogen) atoms. The molecule has 2 amide bonds. The zero-order chi connectivity index (χ0) is 21.3. The summed E-state index contributed by atoms with van der Waals surface area (Å²) in [7, 11) is 1.60. The number of halogens is 1. The summed E-state index contributed by atoms with van der Waals surface area (Å²) >= 11 is 7.14. The van der Waals surface area contributed by atoms with E-state index in [0.717, 1.165) is 0 Å². The molecule has 0 aliphatic rings. The Hall–Kier alpha value is -2.49. The van der Waals surface area contributed by atoms with Crippen LogP contribution in [0.25, 0.3) is 10.3 Å². The molecule has 10 heteroatoms. The number of benzene rings is 1. The number of aromatic nitrogens is 3. The molecule has 2 heterocycles. The molecule has 0 spiro atoms. The van der Waals surface area contributed by atoms with E-state index in [4.69, 9.17) is 16.7 Å². The van der Waals surface area contributed by atoms with E-state index >= 15 is 0 Å². The molecule has 0 saturated heterocycles. The Bertz CT molecular complexity index is 1070. The van der Waals surface area contributed by atoms with Gasteiger partial charge < -0.3 is 10.0 Å². The van der Waals surface area contributed by atoms with Crippen LogP contribution in [0.2, 0.25) is 5.02 Å². The molecule has 8 nitrogen and oxygen atoms in total. The van der Waals surface area contributed by atoms with E-state index < -0.39 is 5.54 Å². The summed E-state index contributed by atoms with van der Waals surface area (Å²) in [6.45, 7) is 5.91. The third-order valence-corrected chi connectivity index (χ3v) is 5.35. The number of carbonyl (C=O) groups is 2. The molecule has 0 bridgehead atoms. The lowest BCUT2D eigenvalue weighted by Crippen LogP contribution is -2.30. The molecule has 0 aliphatic heterocycles. The van der Waals surface area contributed by atoms with Crippen LogP contribution in [-0.2, 0) is 5.54 Å². The highest BCUT2D eigenvalue weighted by Gasteiger charge is 2.28. The van der Waals surface area contributed by atoms with Gasteiger partial charge in [0.05, 0.1) is 12.1 Å². The van der Waals surface area contributed by atoms with Crippen molar-refractivity contribution in [2.75, 3.05) is 25.5 Å². The Labute approximate surface area is 177 Å². The second-order valence-corrected chi connectivity index (χ2v) is 8.95. The average molecular weight is 436 g/mol. The van der Waals surface area contributed by atoms with Crippen LogP contribution >= 0.6 is 22.9 Å².